The van der Waals surface area contributed by atoms with E-state index in [4.69, 9.17) is 5.26 Å². The molecule has 0 aliphatic rings. The zero-order chi connectivity index (χ0) is 21.9. The van der Waals surface area contributed by atoms with E-state index in [9.17, 15) is 26.7 Å². The van der Waals surface area contributed by atoms with E-state index >= 15 is 0 Å². The van der Waals surface area contributed by atoms with Crippen LogP contribution in [-0.4, -0.2) is 25.5 Å². The number of nitrogens with zero attached hydrogens (tertiary/aromatic N) is 5. The minimum atomic E-state index is -4.79. The lowest BCUT2D eigenvalue weighted by Crippen LogP contribution is -2.31. The van der Waals surface area contributed by atoms with E-state index < -0.39 is 40.8 Å². The summed E-state index contributed by atoms with van der Waals surface area (Å²) >= 11 is 0. The first kappa shape index (κ1) is 21.0. The van der Waals surface area contributed by atoms with Crippen molar-refractivity contribution in [1.29, 1.82) is 5.26 Å². The van der Waals surface area contributed by atoms with Gasteiger partial charge >= 0.3 is 6.18 Å². The predicted molar refractivity (Wildman–Crippen MR) is 92.6 cm³/mol. The molecule has 0 spiro atoms. The van der Waals surface area contributed by atoms with Gasteiger partial charge in [0.05, 0.1) is 61.0 Å². The monoisotopic (exact) mass is 424 g/mol. The molecule has 0 aliphatic carbocycles. The number of carbonyl (C=O) groups excluding carboxylic acids is 1. The Labute approximate surface area is 166 Å². The number of rotatable bonds is 6. The van der Waals surface area contributed by atoms with Crippen LogP contribution in [0, 0.1) is 28.9 Å². The molecular formula is C18H13F5N6O. The first-order valence-corrected chi connectivity index (χ1v) is 8.44. The second kappa shape index (κ2) is 8.32. The molecule has 30 heavy (non-hydrogen) atoms. The molecule has 0 fully saturated rings. The fraction of sp³-hybridized carbons (Fsp3) is 0.222. The highest BCUT2D eigenvalue weighted by Gasteiger charge is 2.34. The number of amides is 1. The summed E-state index contributed by atoms with van der Waals surface area (Å²) in [6.45, 7) is -0.278. The third kappa shape index (κ3) is 4.99. The molecule has 7 nitrogen and oxygen atoms in total. The lowest BCUT2D eigenvalue weighted by molar-refractivity contribution is -0.137. The van der Waals surface area contributed by atoms with Gasteiger partial charge in [-0.1, -0.05) is 0 Å². The second-order valence-electron chi connectivity index (χ2n) is 6.32. The molecule has 0 saturated heterocycles. The van der Waals surface area contributed by atoms with Gasteiger partial charge in [0.15, 0.2) is 11.6 Å². The topological polar surface area (TPSA) is 88.5 Å². The van der Waals surface area contributed by atoms with E-state index in [1.165, 1.54) is 6.07 Å². The van der Waals surface area contributed by atoms with E-state index in [1.807, 2.05) is 0 Å². The lowest BCUT2D eigenvalue weighted by Gasteiger charge is -2.18. The molecule has 2 aromatic heterocycles. The summed E-state index contributed by atoms with van der Waals surface area (Å²) in [7, 11) is 0. The molecule has 0 bridgehead atoms. The number of anilines is 1. The molecule has 3 rings (SSSR count). The number of benzene rings is 1. The fourth-order valence-electron chi connectivity index (χ4n) is 2.75. The quantitative estimate of drug-likeness (QED) is 0.616. The highest BCUT2D eigenvalue weighted by atomic mass is 19.4. The first-order valence-electron chi connectivity index (χ1n) is 8.44. The SMILES string of the molecule is N#Cc1ccc(NC(=O)C(Cn2cc(F)cn2)Cn2cc(F)cn2)cc1C(F)(F)F. The maximum absolute atomic E-state index is 13.2. The van der Waals surface area contributed by atoms with E-state index in [2.05, 4.69) is 15.5 Å². The third-order valence-corrected chi connectivity index (χ3v) is 4.10. The molecule has 0 unspecified atom stereocenters. The van der Waals surface area contributed by atoms with Crippen LogP contribution in [0.25, 0.3) is 0 Å². The molecule has 0 radical (unpaired) electrons. The maximum atomic E-state index is 13.2. The van der Waals surface area contributed by atoms with Crippen LogP contribution in [0.2, 0.25) is 0 Å². The Morgan fingerprint density at radius 1 is 1.10 bits per heavy atom. The Hall–Kier alpha value is -3.75. The van der Waals surface area contributed by atoms with Crippen LogP contribution in [-0.2, 0) is 24.1 Å². The van der Waals surface area contributed by atoms with E-state index in [-0.39, 0.29) is 18.8 Å². The van der Waals surface area contributed by atoms with Crippen LogP contribution >= 0.6 is 0 Å². The van der Waals surface area contributed by atoms with Gasteiger partial charge in [-0.3, -0.25) is 14.2 Å². The molecule has 0 aliphatic heterocycles. The summed E-state index contributed by atoms with van der Waals surface area (Å²) in [4.78, 5) is 12.7. The molecule has 1 aromatic carbocycles. The number of hydrogen-bond acceptors (Lipinski definition) is 4. The minimum absolute atomic E-state index is 0.139. The summed E-state index contributed by atoms with van der Waals surface area (Å²) in [6.07, 6.45) is -0.858. The summed E-state index contributed by atoms with van der Waals surface area (Å²) in [5.41, 5.74) is -1.96. The van der Waals surface area contributed by atoms with Crippen molar-refractivity contribution in [2.24, 2.45) is 5.92 Å². The van der Waals surface area contributed by atoms with Gasteiger partial charge in [0.1, 0.15) is 0 Å². The van der Waals surface area contributed by atoms with Gasteiger partial charge in [-0.25, -0.2) is 8.78 Å². The Balaban J connectivity index is 1.84. The van der Waals surface area contributed by atoms with Gasteiger partial charge < -0.3 is 5.32 Å². The zero-order valence-electron chi connectivity index (χ0n) is 15.1. The van der Waals surface area contributed by atoms with Crippen molar-refractivity contribution in [3.8, 4) is 6.07 Å². The number of alkyl halides is 3. The van der Waals surface area contributed by atoms with Crippen LogP contribution in [0.1, 0.15) is 11.1 Å². The van der Waals surface area contributed by atoms with Crippen LogP contribution < -0.4 is 5.32 Å². The highest BCUT2D eigenvalue weighted by Crippen LogP contribution is 2.33. The molecule has 156 valence electrons. The molecule has 3 aromatic rings. The highest BCUT2D eigenvalue weighted by molar-refractivity contribution is 5.92. The van der Waals surface area contributed by atoms with Gasteiger partial charge in [0, 0.05) is 5.69 Å². The Morgan fingerprint density at radius 3 is 2.10 bits per heavy atom. The van der Waals surface area contributed by atoms with Crippen molar-refractivity contribution >= 4 is 11.6 Å². The Bertz CT molecular complexity index is 1050. The fourth-order valence-corrected chi connectivity index (χ4v) is 2.75. The number of nitriles is 1. The van der Waals surface area contributed by atoms with Crippen molar-refractivity contribution in [2.75, 3.05) is 5.32 Å². The summed E-state index contributed by atoms with van der Waals surface area (Å²) in [5.74, 6) is -2.98. The summed E-state index contributed by atoms with van der Waals surface area (Å²) < 4.78 is 68.1. The predicted octanol–water partition coefficient (Wildman–Crippen LogP) is 3.20. The number of halogens is 5. The molecular weight excluding hydrogens is 411 g/mol. The van der Waals surface area contributed by atoms with Gasteiger partial charge in [-0.2, -0.15) is 28.6 Å². The smallest absolute Gasteiger partial charge is 0.326 e. The number of hydrogen-bond donors (Lipinski definition) is 1. The maximum Gasteiger partial charge on any atom is 0.417 e. The largest absolute Gasteiger partial charge is 0.417 e. The molecule has 12 heteroatoms. The summed E-state index contributed by atoms with van der Waals surface area (Å²) in [5, 5.41) is 18.7. The Kier molecular flexibility index (Phi) is 5.81. The van der Waals surface area contributed by atoms with Gasteiger partial charge in [0.2, 0.25) is 5.91 Å². The van der Waals surface area contributed by atoms with Crippen molar-refractivity contribution in [3.05, 3.63) is 65.7 Å². The first-order chi connectivity index (χ1) is 14.2. The van der Waals surface area contributed by atoms with E-state index in [0.29, 0.717) is 6.07 Å². The van der Waals surface area contributed by atoms with E-state index in [0.717, 1.165) is 46.3 Å². The third-order valence-electron chi connectivity index (χ3n) is 4.10. The number of nitrogens with one attached hydrogen (secondary N) is 1. The van der Waals surface area contributed by atoms with Crippen molar-refractivity contribution in [3.63, 3.8) is 0 Å². The molecule has 1 N–H and O–H groups in total. The zero-order valence-corrected chi connectivity index (χ0v) is 15.1. The average molecular weight is 424 g/mol. The molecule has 1 amide bonds. The van der Waals surface area contributed by atoms with Crippen molar-refractivity contribution in [2.45, 2.75) is 19.3 Å². The van der Waals surface area contributed by atoms with Crippen LogP contribution in [0.15, 0.2) is 43.0 Å². The van der Waals surface area contributed by atoms with Crippen LogP contribution in [0.4, 0.5) is 27.6 Å². The summed E-state index contributed by atoms with van der Waals surface area (Å²) in [6, 6.07) is 4.20. The average Bonchev–Trinajstić information content (AvgIpc) is 3.28. The van der Waals surface area contributed by atoms with Crippen LogP contribution in [0.3, 0.4) is 0 Å². The van der Waals surface area contributed by atoms with Gasteiger partial charge in [-0.15, -0.1) is 0 Å². The molecule has 0 atom stereocenters. The van der Waals surface area contributed by atoms with Gasteiger partial charge in [0.25, 0.3) is 0 Å². The van der Waals surface area contributed by atoms with Crippen molar-refractivity contribution in [1.82, 2.24) is 19.6 Å². The molecule has 0 saturated carbocycles. The lowest BCUT2D eigenvalue weighted by atomic mass is 10.1. The Morgan fingerprint density at radius 2 is 1.67 bits per heavy atom. The minimum Gasteiger partial charge on any atom is -0.326 e. The van der Waals surface area contributed by atoms with Crippen molar-refractivity contribution < 1.29 is 26.7 Å². The normalized spacial score (nSPS) is 11.5. The number of carbonyl (C=O) groups is 1. The van der Waals surface area contributed by atoms with E-state index in [1.54, 1.807) is 0 Å². The number of aromatic nitrogens is 4. The standard InChI is InChI=1S/C18H13F5N6O/c19-13-5-25-28(9-13)7-12(8-29-10-14(20)6-26-29)17(30)27-15-2-1-11(4-24)16(3-15)18(21,22)23/h1-3,5-6,9-10,12H,7-8H2,(H,27,30). The van der Waals surface area contributed by atoms with Crippen LogP contribution in [0.5, 0.6) is 0 Å². The second-order valence-corrected chi connectivity index (χ2v) is 6.32. The molecule has 2 heterocycles. The van der Waals surface area contributed by atoms with Gasteiger partial charge in [-0.05, 0) is 18.2 Å².